The average molecular weight is 620 g/mol. The Morgan fingerprint density at radius 3 is 2.26 bits per heavy atom. The zero-order chi connectivity index (χ0) is 30.8. The number of aromatic nitrogens is 3. The number of ether oxygens (including phenoxy) is 1. The van der Waals surface area contributed by atoms with Crippen LogP contribution in [0.3, 0.4) is 0 Å². The van der Waals surface area contributed by atoms with Gasteiger partial charge in [-0.2, -0.15) is 0 Å². The molecule has 0 spiro atoms. The van der Waals surface area contributed by atoms with Gasteiger partial charge in [-0.05, 0) is 50.2 Å². The summed E-state index contributed by atoms with van der Waals surface area (Å²) in [6.45, 7) is -1.26. The first-order valence-electron chi connectivity index (χ1n) is 14.6. The zero-order valence-electron chi connectivity index (χ0n) is 23.2. The van der Waals surface area contributed by atoms with Gasteiger partial charge in [0.2, 0.25) is 5.92 Å². The van der Waals surface area contributed by atoms with Crippen LogP contribution in [0.1, 0.15) is 87.8 Å². The number of pyridine rings is 1. The molecule has 0 unspecified atom stereocenters. The van der Waals surface area contributed by atoms with E-state index in [1.807, 2.05) is 0 Å². The van der Waals surface area contributed by atoms with E-state index in [4.69, 9.17) is 4.74 Å². The molecule has 2 N–H and O–H groups in total. The van der Waals surface area contributed by atoms with E-state index in [0.29, 0.717) is 5.52 Å². The van der Waals surface area contributed by atoms with Crippen molar-refractivity contribution in [1.29, 1.82) is 0 Å². The molecule has 3 atom stereocenters. The second-order valence-electron chi connectivity index (χ2n) is 12.4. The second kappa shape index (κ2) is 10.6. The fraction of sp³-hybridized carbons (Fsp3) is 0.714. The van der Waals surface area contributed by atoms with Crippen molar-refractivity contribution >= 4 is 23.0 Å². The first-order chi connectivity index (χ1) is 20.1. The minimum atomic E-state index is -3.11. The molecule has 2 aromatic rings. The smallest absolute Gasteiger partial charge is 0.271 e. The Bertz CT molecular complexity index is 1380. The minimum Gasteiger partial charge on any atom is -0.362 e. The topological polar surface area (TPSA) is 100 Å². The van der Waals surface area contributed by atoms with E-state index in [9.17, 15) is 40.3 Å². The normalized spacial score (nSPS) is 28.8. The van der Waals surface area contributed by atoms with E-state index in [1.165, 1.54) is 17.0 Å². The lowest BCUT2D eigenvalue weighted by molar-refractivity contribution is -0.177. The monoisotopic (exact) mass is 619 g/mol. The maximum absolute atomic E-state index is 14.6. The number of H-pyrrole nitrogens is 1. The van der Waals surface area contributed by atoms with Crippen LogP contribution in [0, 0.1) is 5.92 Å². The highest BCUT2D eigenvalue weighted by Gasteiger charge is 2.52. The number of nitrogens with one attached hydrogen (secondary N) is 2. The number of hydrogen-bond acceptors (Lipinski definition) is 5. The molecule has 2 aliphatic carbocycles. The fourth-order valence-corrected chi connectivity index (χ4v) is 6.23. The third kappa shape index (κ3) is 6.32. The number of alkyl halides is 7. The van der Waals surface area contributed by atoms with Crippen LogP contribution >= 0.6 is 0 Å². The highest BCUT2D eigenvalue weighted by molar-refractivity contribution is 5.88. The van der Waals surface area contributed by atoms with Gasteiger partial charge in [0, 0.05) is 38.6 Å². The van der Waals surface area contributed by atoms with Crippen molar-refractivity contribution < 1.29 is 45.1 Å². The van der Waals surface area contributed by atoms with Crippen LogP contribution in [0.5, 0.6) is 0 Å². The number of amides is 2. The molecule has 0 aromatic carbocycles. The molecular weight excluding hydrogens is 587 g/mol. The lowest BCUT2D eigenvalue weighted by atomic mass is 9.81. The Hall–Kier alpha value is -2.97. The zero-order valence-corrected chi connectivity index (χ0v) is 23.2. The standard InChI is InChI=1S/C28H32F7N5O3/c29-25(9-10-25)24(42)38-20(15-3-6-26(30,31)7-4-15)22-37-17-2-1-16(36-21(17)39-22)18-13-27(32,33)11-12-40(18)23(41)19-5-8-28(34,35)14-43-19/h1-2,15,18-20H,3-14H2,(H,38,42)(H,36,37,39)/t18-,19-,20-/m0/s1. The summed E-state index contributed by atoms with van der Waals surface area (Å²) in [5.74, 6) is -10.8. The Morgan fingerprint density at radius 1 is 0.907 bits per heavy atom. The van der Waals surface area contributed by atoms with E-state index in [2.05, 4.69) is 20.3 Å². The molecule has 4 heterocycles. The molecule has 6 rings (SSSR count). The molecule has 15 heteroatoms. The van der Waals surface area contributed by atoms with Crippen LogP contribution in [0.4, 0.5) is 30.7 Å². The maximum atomic E-state index is 14.6. The second-order valence-corrected chi connectivity index (χ2v) is 12.4. The van der Waals surface area contributed by atoms with Gasteiger partial charge >= 0.3 is 0 Å². The predicted octanol–water partition coefficient (Wildman–Crippen LogP) is 5.56. The van der Waals surface area contributed by atoms with Gasteiger partial charge in [-0.25, -0.2) is 40.7 Å². The number of piperidine rings is 1. The van der Waals surface area contributed by atoms with Gasteiger partial charge in [0.15, 0.2) is 11.3 Å². The van der Waals surface area contributed by atoms with E-state index in [1.54, 1.807) is 0 Å². The number of carbonyl (C=O) groups is 2. The van der Waals surface area contributed by atoms with Crippen LogP contribution in [0.25, 0.3) is 11.2 Å². The van der Waals surface area contributed by atoms with Gasteiger partial charge in [0.1, 0.15) is 18.5 Å². The quantitative estimate of drug-likeness (QED) is 0.413. The highest BCUT2D eigenvalue weighted by atomic mass is 19.3. The summed E-state index contributed by atoms with van der Waals surface area (Å²) in [4.78, 5) is 39.0. The van der Waals surface area contributed by atoms with Gasteiger partial charge in [-0.1, -0.05) is 0 Å². The molecule has 2 saturated carbocycles. The Balaban J connectivity index is 1.27. The molecule has 2 aromatic heterocycles. The van der Waals surface area contributed by atoms with Crippen LogP contribution in [0.15, 0.2) is 12.1 Å². The van der Waals surface area contributed by atoms with Gasteiger partial charge in [-0.3, -0.25) is 9.59 Å². The third-order valence-electron chi connectivity index (χ3n) is 9.05. The first kappa shape index (κ1) is 30.1. The van der Waals surface area contributed by atoms with Crippen molar-refractivity contribution in [2.75, 3.05) is 13.2 Å². The van der Waals surface area contributed by atoms with Crippen molar-refractivity contribution in [3.05, 3.63) is 23.7 Å². The summed E-state index contributed by atoms with van der Waals surface area (Å²) in [6, 6.07) is 0.867. The molecular formula is C28H32F7N5O3. The van der Waals surface area contributed by atoms with E-state index in [0.717, 1.165) is 0 Å². The Morgan fingerprint density at radius 2 is 1.60 bits per heavy atom. The van der Waals surface area contributed by atoms with Gasteiger partial charge in [0.25, 0.3) is 23.7 Å². The van der Waals surface area contributed by atoms with E-state index in [-0.39, 0.29) is 55.8 Å². The number of rotatable bonds is 6. The summed E-state index contributed by atoms with van der Waals surface area (Å²) < 4.78 is 104. The number of imidazole rings is 1. The number of fused-ring (bicyclic) bond motifs is 1. The Kier molecular flexibility index (Phi) is 7.40. The van der Waals surface area contributed by atoms with Crippen LogP contribution in [-0.2, 0) is 14.3 Å². The van der Waals surface area contributed by atoms with Crippen LogP contribution in [-0.4, -0.2) is 74.4 Å². The number of hydrogen-bond donors (Lipinski definition) is 2. The van der Waals surface area contributed by atoms with Crippen LogP contribution in [0.2, 0.25) is 0 Å². The summed E-state index contributed by atoms with van der Waals surface area (Å²) in [5, 5.41) is 2.65. The molecule has 4 aliphatic rings. The van der Waals surface area contributed by atoms with Crippen molar-refractivity contribution in [3.8, 4) is 0 Å². The summed E-state index contributed by atoms with van der Waals surface area (Å²) in [6.07, 6.45) is -3.87. The van der Waals surface area contributed by atoms with Gasteiger partial charge in [-0.15, -0.1) is 0 Å². The number of halogens is 7. The highest BCUT2D eigenvalue weighted by Crippen LogP contribution is 2.45. The molecule has 4 fully saturated rings. The first-order valence-corrected chi connectivity index (χ1v) is 14.6. The Labute approximate surface area is 242 Å². The lowest BCUT2D eigenvalue weighted by Crippen LogP contribution is -2.51. The number of likely N-dealkylation sites (tertiary alicyclic amines) is 1. The van der Waals surface area contributed by atoms with Gasteiger partial charge in [0.05, 0.1) is 23.3 Å². The molecule has 43 heavy (non-hydrogen) atoms. The maximum Gasteiger partial charge on any atom is 0.271 e. The van der Waals surface area contributed by atoms with Crippen molar-refractivity contribution in [1.82, 2.24) is 25.2 Å². The van der Waals surface area contributed by atoms with Crippen molar-refractivity contribution in [2.24, 2.45) is 5.92 Å². The fourth-order valence-electron chi connectivity index (χ4n) is 6.23. The molecule has 2 amide bonds. The number of carbonyl (C=O) groups excluding carboxylic acids is 2. The van der Waals surface area contributed by atoms with Gasteiger partial charge < -0.3 is 19.9 Å². The van der Waals surface area contributed by atoms with Crippen molar-refractivity contribution in [3.63, 3.8) is 0 Å². The molecule has 236 valence electrons. The molecule has 2 aliphatic heterocycles. The summed E-state index contributed by atoms with van der Waals surface area (Å²) in [5.41, 5.74) is -1.48. The van der Waals surface area contributed by atoms with Crippen molar-refractivity contribution in [2.45, 2.75) is 106 Å². The molecule has 0 radical (unpaired) electrons. The predicted molar refractivity (Wildman–Crippen MR) is 137 cm³/mol. The molecule has 8 nitrogen and oxygen atoms in total. The lowest BCUT2D eigenvalue weighted by Gasteiger charge is -2.41. The molecule has 2 saturated heterocycles. The number of aromatic amines is 1. The molecule has 0 bridgehead atoms. The van der Waals surface area contributed by atoms with Crippen LogP contribution < -0.4 is 5.32 Å². The SMILES string of the molecule is O=C([C@@H]1CCC(F)(F)CO1)N1CCC(F)(F)C[C@H]1c1ccc2[nH]c([C@@H](NC(=O)C3(F)CC3)C3CCC(F)(F)CC3)nc2n1. The summed E-state index contributed by atoms with van der Waals surface area (Å²) >= 11 is 0. The minimum absolute atomic E-state index is 0.0644. The van der Waals surface area contributed by atoms with E-state index >= 15 is 0 Å². The summed E-state index contributed by atoms with van der Waals surface area (Å²) in [7, 11) is 0. The third-order valence-corrected chi connectivity index (χ3v) is 9.05. The average Bonchev–Trinajstić information content (AvgIpc) is 3.56. The largest absolute Gasteiger partial charge is 0.362 e. The van der Waals surface area contributed by atoms with E-state index < -0.39 is 98.1 Å². The number of nitrogens with zero attached hydrogens (tertiary/aromatic N) is 3.